The van der Waals surface area contributed by atoms with E-state index in [-0.39, 0.29) is 5.91 Å². The number of nitrogens with two attached hydrogens (primary N) is 1. The van der Waals surface area contributed by atoms with Gasteiger partial charge >= 0.3 is 5.91 Å². The summed E-state index contributed by atoms with van der Waals surface area (Å²) < 4.78 is 18.8. The molecule has 0 saturated carbocycles. The lowest BCUT2D eigenvalue weighted by molar-refractivity contribution is -0.406. The number of aromatic nitrogens is 1. The lowest BCUT2D eigenvalue weighted by Crippen LogP contribution is -2.88. The number of carbonyl (C=O) groups excluding carboxylic acids is 1. The minimum absolute atomic E-state index is 0.122. The van der Waals surface area contributed by atoms with Crippen molar-refractivity contribution in [3.05, 3.63) is 60.4 Å². The SMILES string of the molecule is CCC(=O)[NH2+]S(=O)c1ccc(-c2c(-c3ccccc3)noc2C)cc1. The monoisotopic (exact) mass is 355 g/mol. The van der Waals surface area contributed by atoms with Crippen LogP contribution in [0, 0.1) is 6.92 Å². The van der Waals surface area contributed by atoms with Gasteiger partial charge in [-0.05, 0) is 24.6 Å². The number of rotatable bonds is 5. The fourth-order valence-corrected chi connectivity index (χ4v) is 3.48. The Hall–Kier alpha value is -2.57. The van der Waals surface area contributed by atoms with Crippen LogP contribution in [0.3, 0.4) is 0 Å². The Morgan fingerprint density at radius 1 is 1.08 bits per heavy atom. The fraction of sp³-hybridized carbons (Fsp3) is 0.158. The van der Waals surface area contributed by atoms with Crippen molar-refractivity contribution in [2.24, 2.45) is 0 Å². The predicted molar refractivity (Wildman–Crippen MR) is 95.7 cm³/mol. The zero-order valence-electron chi connectivity index (χ0n) is 14.1. The standard InChI is InChI=1S/C19H18N2O3S/c1-3-17(22)21-25(23)16-11-9-14(10-12-16)18-13(2)24-20-19(18)15-7-5-4-6-8-15/h4-12H,3H2,1-2H3,(H,21,22)/p+1. The van der Waals surface area contributed by atoms with E-state index in [0.717, 1.165) is 28.1 Å². The third-order valence-electron chi connectivity index (χ3n) is 3.87. The summed E-state index contributed by atoms with van der Waals surface area (Å²) in [5.74, 6) is 0.601. The normalized spacial score (nSPS) is 12.1. The first-order chi connectivity index (χ1) is 12.1. The van der Waals surface area contributed by atoms with Crippen molar-refractivity contribution in [3.63, 3.8) is 0 Å². The minimum atomic E-state index is -1.43. The van der Waals surface area contributed by atoms with Crippen LogP contribution in [0.4, 0.5) is 0 Å². The number of primary amides is 1. The maximum absolute atomic E-state index is 12.2. The van der Waals surface area contributed by atoms with Gasteiger partial charge in [-0.3, -0.25) is 0 Å². The van der Waals surface area contributed by atoms with Crippen molar-refractivity contribution in [1.82, 2.24) is 5.16 Å². The molecular formula is C19H19N2O3S+. The van der Waals surface area contributed by atoms with E-state index in [0.29, 0.717) is 11.3 Å². The van der Waals surface area contributed by atoms with Gasteiger partial charge in [-0.25, -0.2) is 4.79 Å². The molecule has 0 aliphatic rings. The largest absolute Gasteiger partial charge is 0.360 e. The smallest absolute Gasteiger partial charge is 0.323 e. The molecule has 2 N–H and O–H groups in total. The van der Waals surface area contributed by atoms with E-state index in [9.17, 15) is 9.00 Å². The van der Waals surface area contributed by atoms with Crippen LogP contribution >= 0.6 is 0 Å². The maximum atomic E-state index is 12.2. The van der Waals surface area contributed by atoms with Crippen LogP contribution in [0.15, 0.2) is 64.0 Å². The molecule has 0 radical (unpaired) electrons. The Balaban J connectivity index is 1.92. The molecule has 1 amide bonds. The van der Waals surface area contributed by atoms with Crippen LogP contribution in [0.25, 0.3) is 22.4 Å². The molecule has 5 nitrogen and oxygen atoms in total. The van der Waals surface area contributed by atoms with E-state index in [1.54, 1.807) is 19.1 Å². The molecule has 3 rings (SSSR count). The van der Waals surface area contributed by atoms with Crippen molar-refractivity contribution >= 4 is 16.9 Å². The Bertz CT molecular complexity index is 902. The van der Waals surface area contributed by atoms with Crippen molar-refractivity contribution < 1.29 is 18.2 Å². The van der Waals surface area contributed by atoms with Gasteiger partial charge in [0.05, 0.1) is 16.9 Å². The second-order valence-electron chi connectivity index (χ2n) is 5.59. The second kappa shape index (κ2) is 7.55. The zero-order valence-corrected chi connectivity index (χ0v) is 14.9. The average molecular weight is 355 g/mol. The highest BCUT2D eigenvalue weighted by molar-refractivity contribution is 7.78. The quantitative estimate of drug-likeness (QED) is 0.763. The van der Waals surface area contributed by atoms with Gasteiger partial charge in [-0.1, -0.05) is 54.5 Å². The van der Waals surface area contributed by atoms with Gasteiger partial charge in [0.2, 0.25) is 11.0 Å². The van der Waals surface area contributed by atoms with Gasteiger partial charge in [0.1, 0.15) is 11.5 Å². The first-order valence-electron chi connectivity index (χ1n) is 8.00. The van der Waals surface area contributed by atoms with Crippen LogP contribution in [0.5, 0.6) is 0 Å². The first-order valence-corrected chi connectivity index (χ1v) is 9.22. The van der Waals surface area contributed by atoms with Crippen LogP contribution < -0.4 is 4.72 Å². The number of benzene rings is 2. The van der Waals surface area contributed by atoms with Crippen LogP contribution in [-0.2, 0) is 15.8 Å². The molecule has 1 aromatic heterocycles. The third-order valence-corrected chi connectivity index (χ3v) is 5.09. The van der Waals surface area contributed by atoms with Crippen molar-refractivity contribution in [1.29, 1.82) is 0 Å². The van der Waals surface area contributed by atoms with Crippen molar-refractivity contribution in [2.45, 2.75) is 25.2 Å². The summed E-state index contributed by atoms with van der Waals surface area (Å²) in [4.78, 5) is 12.0. The first kappa shape index (κ1) is 17.3. The molecule has 0 bridgehead atoms. The summed E-state index contributed by atoms with van der Waals surface area (Å²) in [5, 5.41) is 4.18. The molecule has 6 heteroatoms. The van der Waals surface area contributed by atoms with Crippen molar-refractivity contribution in [2.75, 3.05) is 0 Å². The van der Waals surface area contributed by atoms with Crippen molar-refractivity contribution in [3.8, 4) is 22.4 Å². The molecule has 1 atom stereocenters. The van der Waals surface area contributed by atoms with E-state index in [1.807, 2.05) is 49.4 Å². The molecule has 25 heavy (non-hydrogen) atoms. The Morgan fingerprint density at radius 2 is 1.76 bits per heavy atom. The summed E-state index contributed by atoms with van der Waals surface area (Å²) >= 11 is 0. The molecule has 128 valence electrons. The van der Waals surface area contributed by atoms with Gasteiger partial charge in [-0.15, -0.1) is 0 Å². The molecular weight excluding hydrogens is 336 g/mol. The fourth-order valence-electron chi connectivity index (χ4n) is 2.53. The number of hydrogen-bond donors (Lipinski definition) is 1. The van der Waals surface area contributed by atoms with Gasteiger partial charge in [0, 0.05) is 5.56 Å². The highest BCUT2D eigenvalue weighted by atomic mass is 32.2. The van der Waals surface area contributed by atoms with Gasteiger partial charge in [-0.2, -0.15) is 8.93 Å². The number of hydrogen-bond acceptors (Lipinski definition) is 4. The molecule has 0 aliphatic carbocycles. The molecule has 3 aromatic rings. The van der Waals surface area contributed by atoms with E-state index in [1.165, 1.54) is 4.72 Å². The number of nitrogens with zero attached hydrogens (tertiary/aromatic N) is 1. The molecule has 0 saturated heterocycles. The average Bonchev–Trinajstić information content (AvgIpc) is 3.04. The Kier molecular flexibility index (Phi) is 5.21. The summed E-state index contributed by atoms with van der Waals surface area (Å²) in [6, 6.07) is 17.1. The highest BCUT2D eigenvalue weighted by Crippen LogP contribution is 2.34. The summed E-state index contributed by atoms with van der Waals surface area (Å²) in [7, 11) is -1.43. The molecule has 0 aliphatic heterocycles. The van der Waals surface area contributed by atoms with E-state index < -0.39 is 11.0 Å². The lowest BCUT2D eigenvalue weighted by Gasteiger charge is -2.04. The Morgan fingerprint density at radius 3 is 2.40 bits per heavy atom. The Labute approximate surface area is 148 Å². The minimum Gasteiger partial charge on any atom is -0.360 e. The van der Waals surface area contributed by atoms with E-state index in [4.69, 9.17) is 4.52 Å². The lowest BCUT2D eigenvalue weighted by atomic mass is 10.00. The van der Waals surface area contributed by atoms with E-state index >= 15 is 0 Å². The topological polar surface area (TPSA) is 76.8 Å². The maximum Gasteiger partial charge on any atom is 0.323 e. The molecule has 1 unspecified atom stereocenters. The predicted octanol–water partition coefficient (Wildman–Crippen LogP) is 2.84. The highest BCUT2D eigenvalue weighted by Gasteiger charge is 2.18. The second-order valence-corrected chi connectivity index (χ2v) is 6.89. The number of quaternary nitrogens is 1. The van der Waals surface area contributed by atoms with Gasteiger partial charge in [0.15, 0.2) is 0 Å². The molecule has 0 fully saturated rings. The van der Waals surface area contributed by atoms with Gasteiger partial charge in [0.25, 0.3) is 0 Å². The number of aryl methyl sites for hydroxylation is 1. The van der Waals surface area contributed by atoms with Crippen LogP contribution in [0.2, 0.25) is 0 Å². The summed E-state index contributed by atoms with van der Waals surface area (Å²) in [5.41, 5.74) is 3.60. The number of carbonyl (C=O) groups is 1. The molecule has 0 spiro atoms. The molecule has 1 heterocycles. The van der Waals surface area contributed by atoms with Gasteiger partial charge < -0.3 is 4.52 Å². The van der Waals surface area contributed by atoms with Crippen LogP contribution in [0.1, 0.15) is 19.1 Å². The van der Waals surface area contributed by atoms with E-state index in [2.05, 4.69) is 5.16 Å². The molecule has 2 aromatic carbocycles. The van der Waals surface area contributed by atoms with Crippen LogP contribution in [-0.4, -0.2) is 15.3 Å². The summed E-state index contributed by atoms with van der Waals surface area (Å²) in [6.45, 7) is 3.62. The zero-order chi connectivity index (χ0) is 17.8. The summed E-state index contributed by atoms with van der Waals surface area (Å²) in [6.07, 6.45) is 0.351. The third kappa shape index (κ3) is 3.75. The number of amides is 1.